The minimum Gasteiger partial charge on any atom is -0.391 e. The molecule has 5 nitrogen and oxygen atoms in total. The van der Waals surface area contributed by atoms with Gasteiger partial charge >= 0.3 is 0 Å². The first-order valence-corrected chi connectivity index (χ1v) is 9.64. The van der Waals surface area contributed by atoms with Crippen molar-refractivity contribution >= 4 is 10.9 Å². The Morgan fingerprint density at radius 2 is 1.85 bits per heavy atom. The monoisotopic (exact) mass is 362 g/mol. The molecule has 1 aromatic carbocycles. The molecule has 5 heteroatoms. The smallest absolute Gasteiger partial charge is 0.130 e. The molecular weight excluding hydrogens is 336 g/mol. The third-order valence-electron chi connectivity index (χ3n) is 5.26. The van der Waals surface area contributed by atoms with Crippen LogP contribution in [0, 0.1) is 5.92 Å². The third kappa shape index (κ3) is 4.15. The summed E-state index contributed by atoms with van der Waals surface area (Å²) in [5, 5.41) is 11.7. The van der Waals surface area contributed by atoms with Crippen LogP contribution in [0.3, 0.4) is 0 Å². The zero-order valence-corrected chi connectivity index (χ0v) is 15.9. The Hall–Kier alpha value is -2.37. The Labute approximate surface area is 160 Å². The summed E-state index contributed by atoms with van der Waals surface area (Å²) in [6.45, 7) is 6.51. The number of aliphatic hydroxyl groups excluding tert-OH is 1. The maximum absolute atomic E-state index is 10.5. The number of aliphatic hydroxyl groups is 1. The van der Waals surface area contributed by atoms with Crippen LogP contribution in [0.1, 0.15) is 36.8 Å². The molecule has 0 radical (unpaired) electrons. The van der Waals surface area contributed by atoms with Gasteiger partial charge in [-0.25, -0.2) is 9.97 Å². The molecule has 140 valence electrons. The quantitative estimate of drug-likeness (QED) is 0.755. The number of likely N-dealkylation sites (tertiary alicyclic amines) is 1. The van der Waals surface area contributed by atoms with Gasteiger partial charge in [0.1, 0.15) is 5.82 Å². The number of rotatable bonds is 5. The average molecular weight is 362 g/mol. The highest BCUT2D eigenvalue weighted by Gasteiger charge is 2.31. The lowest BCUT2D eigenvalue weighted by Crippen LogP contribution is -2.21. The van der Waals surface area contributed by atoms with Gasteiger partial charge in [0, 0.05) is 60.5 Å². The second-order valence-corrected chi connectivity index (χ2v) is 7.83. The summed E-state index contributed by atoms with van der Waals surface area (Å²) in [4.78, 5) is 15.9. The Morgan fingerprint density at radius 1 is 1.07 bits per heavy atom. The molecule has 0 spiro atoms. The summed E-state index contributed by atoms with van der Waals surface area (Å²) < 4.78 is 0. The zero-order chi connectivity index (χ0) is 18.8. The molecule has 2 atom stereocenters. The van der Waals surface area contributed by atoms with Gasteiger partial charge in [-0.15, -0.1) is 0 Å². The van der Waals surface area contributed by atoms with Gasteiger partial charge in [0.15, 0.2) is 0 Å². The van der Waals surface area contributed by atoms with Crippen molar-refractivity contribution in [3.05, 3.63) is 65.9 Å². The first kappa shape index (κ1) is 18.0. The summed E-state index contributed by atoms with van der Waals surface area (Å²) in [7, 11) is 0. The van der Waals surface area contributed by atoms with E-state index in [4.69, 9.17) is 4.98 Å². The van der Waals surface area contributed by atoms with Gasteiger partial charge in [-0.3, -0.25) is 9.88 Å². The summed E-state index contributed by atoms with van der Waals surface area (Å²) in [6, 6.07) is 12.3. The van der Waals surface area contributed by atoms with Gasteiger partial charge < -0.3 is 5.11 Å². The molecule has 1 aliphatic heterocycles. The van der Waals surface area contributed by atoms with Crippen molar-refractivity contribution in [2.45, 2.75) is 38.8 Å². The average Bonchev–Trinajstić information content (AvgIpc) is 3.01. The minimum absolute atomic E-state index is 0.203. The molecule has 1 saturated heterocycles. The highest BCUT2D eigenvalue weighted by Crippen LogP contribution is 2.23. The summed E-state index contributed by atoms with van der Waals surface area (Å²) in [6.07, 6.45) is 4.29. The van der Waals surface area contributed by atoms with Crippen LogP contribution in [0.2, 0.25) is 0 Å². The SMILES string of the molecule is CC(C)c1ncc(CN2C[C@@H](Cc3ccc4ccccc4n3)[C@H](O)C2)cn1. The molecule has 0 bridgehead atoms. The lowest BCUT2D eigenvalue weighted by Gasteiger charge is -2.15. The lowest BCUT2D eigenvalue weighted by atomic mass is 9.99. The van der Waals surface area contributed by atoms with Gasteiger partial charge in [0.2, 0.25) is 0 Å². The molecule has 2 aromatic heterocycles. The molecule has 3 heterocycles. The van der Waals surface area contributed by atoms with Gasteiger partial charge in [0.05, 0.1) is 11.6 Å². The first-order chi connectivity index (χ1) is 13.1. The van der Waals surface area contributed by atoms with E-state index in [0.29, 0.717) is 12.5 Å². The van der Waals surface area contributed by atoms with E-state index in [1.54, 1.807) is 0 Å². The lowest BCUT2D eigenvalue weighted by molar-refractivity contribution is 0.140. The zero-order valence-electron chi connectivity index (χ0n) is 15.9. The maximum Gasteiger partial charge on any atom is 0.130 e. The largest absolute Gasteiger partial charge is 0.391 e. The van der Waals surface area contributed by atoms with Crippen LogP contribution < -0.4 is 0 Å². The predicted octanol–water partition coefficient (Wildman–Crippen LogP) is 3.18. The maximum atomic E-state index is 10.5. The van der Waals surface area contributed by atoms with Crippen molar-refractivity contribution in [1.29, 1.82) is 0 Å². The van der Waals surface area contributed by atoms with E-state index in [1.807, 2.05) is 30.6 Å². The van der Waals surface area contributed by atoms with Crippen LogP contribution in [0.4, 0.5) is 0 Å². The Morgan fingerprint density at radius 3 is 2.63 bits per heavy atom. The van der Waals surface area contributed by atoms with E-state index >= 15 is 0 Å². The van der Waals surface area contributed by atoms with Crippen molar-refractivity contribution in [2.75, 3.05) is 13.1 Å². The number of hydrogen-bond acceptors (Lipinski definition) is 5. The molecule has 1 aliphatic rings. The normalized spacial score (nSPS) is 20.6. The number of fused-ring (bicyclic) bond motifs is 1. The van der Waals surface area contributed by atoms with Crippen LogP contribution in [0.5, 0.6) is 0 Å². The minimum atomic E-state index is -0.325. The van der Waals surface area contributed by atoms with Crippen LogP contribution in [-0.4, -0.2) is 44.2 Å². The Balaban J connectivity index is 1.40. The Kier molecular flexibility index (Phi) is 5.14. The standard InChI is InChI=1S/C22H26N4O/c1-15(2)22-23-10-16(11-24-22)12-26-13-18(21(27)14-26)9-19-8-7-17-5-3-4-6-20(17)25-19/h3-8,10-11,15,18,21,27H,9,12-14H2,1-2H3/t18-,21-/m1/s1. The van der Waals surface area contributed by atoms with Crippen LogP contribution in [0.15, 0.2) is 48.8 Å². The number of hydrogen-bond donors (Lipinski definition) is 1. The number of benzene rings is 1. The van der Waals surface area contributed by atoms with Crippen molar-refractivity contribution in [3.8, 4) is 0 Å². The number of β-amino-alcohol motifs (C(OH)–C–C–N with tert-alkyl or cyclic N) is 1. The fourth-order valence-electron chi connectivity index (χ4n) is 3.76. The highest BCUT2D eigenvalue weighted by molar-refractivity contribution is 5.78. The molecule has 1 fully saturated rings. The highest BCUT2D eigenvalue weighted by atomic mass is 16.3. The summed E-state index contributed by atoms with van der Waals surface area (Å²) >= 11 is 0. The molecule has 0 amide bonds. The van der Waals surface area contributed by atoms with Crippen molar-refractivity contribution in [2.24, 2.45) is 5.92 Å². The van der Waals surface area contributed by atoms with Crippen molar-refractivity contribution < 1.29 is 5.11 Å². The number of para-hydroxylation sites is 1. The van der Waals surface area contributed by atoms with E-state index in [2.05, 4.69) is 46.9 Å². The molecule has 0 saturated carbocycles. The molecule has 0 aliphatic carbocycles. The van der Waals surface area contributed by atoms with E-state index in [1.165, 1.54) is 0 Å². The number of nitrogens with zero attached hydrogens (tertiary/aromatic N) is 4. The van der Waals surface area contributed by atoms with Gasteiger partial charge in [-0.1, -0.05) is 38.1 Å². The Bertz CT molecular complexity index is 910. The van der Waals surface area contributed by atoms with E-state index in [0.717, 1.165) is 47.5 Å². The predicted molar refractivity (Wildman–Crippen MR) is 106 cm³/mol. The fourth-order valence-corrected chi connectivity index (χ4v) is 3.76. The first-order valence-electron chi connectivity index (χ1n) is 9.64. The van der Waals surface area contributed by atoms with Crippen molar-refractivity contribution in [3.63, 3.8) is 0 Å². The van der Waals surface area contributed by atoms with Crippen LogP contribution in [0.25, 0.3) is 10.9 Å². The fraction of sp³-hybridized carbons (Fsp3) is 0.409. The molecule has 4 rings (SSSR count). The van der Waals surface area contributed by atoms with Crippen molar-refractivity contribution in [1.82, 2.24) is 19.9 Å². The van der Waals surface area contributed by atoms with E-state index in [9.17, 15) is 5.11 Å². The van der Waals surface area contributed by atoms with Gasteiger partial charge in [-0.2, -0.15) is 0 Å². The summed E-state index contributed by atoms with van der Waals surface area (Å²) in [5.41, 5.74) is 3.15. The molecule has 1 N–H and O–H groups in total. The van der Waals surface area contributed by atoms with Gasteiger partial charge in [-0.05, 0) is 18.6 Å². The van der Waals surface area contributed by atoms with E-state index in [-0.39, 0.29) is 12.0 Å². The molecule has 0 unspecified atom stereocenters. The van der Waals surface area contributed by atoms with Crippen LogP contribution >= 0.6 is 0 Å². The molecule has 3 aromatic rings. The molecule has 27 heavy (non-hydrogen) atoms. The van der Waals surface area contributed by atoms with E-state index < -0.39 is 0 Å². The van der Waals surface area contributed by atoms with Gasteiger partial charge in [0.25, 0.3) is 0 Å². The second kappa shape index (κ2) is 7.71. The molecular formula is C22H26N4O. The number of aromatic nitrogens is 3. The van der Waals surface area contributed by atoms with Crippen LogP contribution in [-0.2, 0) is 13.0 Å². The number of pyridine rings is 1. The summed E-state index contributed by atoms with van der Waals surface area (Å²) in [5.74, 6) is 1.42. The topological polar surface area (TPSA) is 62.1 Å². The third-order valence-corrected chi connectivity index (χ3v) is 5.26. The second-order valence-electron chi connectivity index (χ2n) is 7.83.